The Kier molecular flexibility index (Phi) is 5.42. The van der Waals surface area contributed by atoms with Crippen molar-refractivity contribution in [1.82, 2.24) is 5.32 Å². The molecule has 0 aromatic heterocycles. The quantitative estimate of drug-likeness (QED) is 0.838. The molecule has 2 N–H and O–H groups in total. The van der Waals surface area contributed by atoms with Gasteiger partial charge >= 0.3 is 12.1 Å². The summed E-state index contributed by atoms with van der Waals surface area (Å²) in [6.07, 6.45) is -3.95. The van der Waals surface area contributed by atoms with Gasteiger partial charge in [0.15, 0.2) is 0 Å². The summed E-state index contributed by atoms with van der Waals surface area (Å²) >= 11 is 5.96. The molecule has 1 unspecified atom stereocenters. The molecule has 0 heterocycles. The second-order valence-electron chi connectivity index (χ2n) is 5.98. The number of rotatable bonds is 5. The fraction of sp³-hybridized carbons (Fsp3) is 0.500. The number of amides is 1. The lowest BCUT2D eigenvalue weighted by atomic mass is 9.77. The summed E-state index contributed by atoms with van der Waals surface area (Å²) in [5.74, 6) is -2.40. The molecule has 24 heavy (non-hydrogen) atoms. The zero-order valence-corrected chi connectivity index (χ0v) is 13.5. The van der Waals surface area contributed by atoms with Crippen LogP contribution < -0.4 is 5.32 Å². The summed E-state index contributed by atoms with van der Waals surface area (Å²) in [6, 6.07) is 4.58. The van der Waals surface area contributed by atoms with Crippen LogP contribution in [0, 0.1) is 0 Å². The van der Waals surface area contributed by atoms with Crippen LogP contribution in [0.5, 0.6) is 0 Å². The van der Waals surface area contributed by atoms with Gasteiger partial charge in [-0.1, -0.05) is 36.6 Å². The van der Waals surface area contributed by atoms with E-state index in [1.54, 1.807) is 24.3 Å². The summed E-state index contributed by atoms with van der Waals surface area (Å²) in [4.78, 5) is 23.8. The van der Waals surface area contributed by atoms with Crippen LogP contribution >= 0.6 is 11.6 Å². The van der Waals surface area contributed by atoms with Crippen LogP contribution in [0.2, 0.25) is 5.02 Å². The molecule has 1 aliphatic carbocycles. The molecule has 1 aromatic carbocycles. The number of carboxylic acid groups (broad SMARTS) is 1. The fourth-order valence-corrected chi connectivity index (χ4v) is 3.33. The number of halogens is 4. The molecule has 0 aliphatic heterocycles. The van der Waals surface area contributed by atoms with Gasteiger partial charge < -0.3 is 10.4 Å². The molecule has 2 rings (SSSR count). The Labute approximate surface area is 142 Å². The number of carbonyl (C=O) groups is 2. The lowest BCUT2D eigenvalue weighted by Crippen LogP contribution is -2.51. The van der Waals surface area contributed by atoms with Crippen LogP contribution in [-0.2, 0) is 15.0 Å². The summed E-state index contributed by atoms with van der Waals surface area (Å²) in [5.41, 5.74) is -0.439. The maximum absolute atomic E-state index is 12.7. The van der Waals surface area contributed by atoms with Crippen molar-refractivity contribution in [2.45, 2.75) is 49.7 Å². The van der Waals surface area contributed by atoms with Gasteiger partial charge in [-0.05, 0) is 30.5 Å². The zero-order valence-electron chi connectivity index (χ0n) is 12.7. The average Bonchev–Trinajstić information content (AvgIpc) is 2.95. The maximum Gasteiger partial charge on any atom is 0.391 e. The van der Waals surface area contributed by atoms with E-state index >= 15 is 0 Å². The minimum absolute atomic E-state index is 0.414. The van der Waals surface area contributed by atoms with E-state index in [1.807, 2.05) is 0 Å². The van der Waals surface area contributed by atoms with E-state index in [0.717, 1.165) is 12.8 Å². The molecule has 1 saturated carbocycles. The first-order valence-corrected chi connectivity index (χ1v) is 7.88. The van der Waals surface area contributed by atoms with E-state index in [9.17, 15) is 22.8 Å². The van der Waals surface area contributed by atoms with Crippen molar-refractivity contribution in [3.8, 4) is 0 Å². The smallest absolute Gasteiger partial charge is 0.391 e. The third-order valence-electron chi connectivity index (χ3n) is 4.31. The van der Waals surface area contributed by atoms with Crippen LogP contribution in [0.3, 0.4) is 0 Å². The van der Waals surface area contributed by atoms with Crippen molar-refractivity contribution < 1.29 is 27.9 Å². The van der Waals surface area contributed by atoms with Crippen molar-refractivity contribution in [3.63, 3.8) is 0 Å². The molecule has 0 radical (unpaired) electrons. The number of hydrogen-bond acceptors (Lipinski definition) is 2. The number of carboxylic acids is 1. The lowest BCUT2D eigenvalue weighted by Gasteiger charge is -2.30. The van der Waals surface area contributed by atoms with E-state index in [0.29, 0.717) is 23.4 Å². The Bertz CT molecular complexity index is 627. The molecule has 0 saturated heterocycles. The Morgan fingerprint density at radius 1 is 1.29 bits per heavy atom. The van der Waals surface area contributed by atoms with E-state index < -0.39 is 35.9 Å². The van der Waals surface area contributed by atoms with Crippen LogP contribution in [0.15, 0.2) is 24.3 Å². The summed E-state index contributed by atoms with van der Waals surface area (Å²) in [6.45, 7) is 0. The predicted molar refractivity (Wildman–Crippen MR) is 81.8 cm³/mol. The van der Waals surface area contributed by atoms with Crippen LogP contribution in [0.4, 0.5) is 13.2 Å². The first kappa shape index (κ1) is 18.6. The number of carbonyl (C=O) groups excluding carboxylic acids is 1. The second kappa shape index (κ2) is 7.01. The van der Waals surface area contributed by atoms with Gasteiger partial charge in [-0.25, -0.2) is 4.79 Å². The summed E-state index contributed by atoms with van der Waals surface area (Å²) in [5, 5.41) is 11.5. The number of nitrogens with one attached hydrogen (secondary N) is 1. The monoisotopic (exact) mass is 363 g/mol. The summed E-state index contributed by atoms with van der Waals surface area (Å²) < 4.78 is 37.6. The van der Waals surface area contributed by atoms with Gasteiger partial charge in [0.2, 0.25) is 5.91 Å². The molecule has 8 heteroatoms. The van der Waals surface area contributed by atoms with Gasteiger partial charge in [0, 0.05) is 5.02 Å². The molecule has 132 valence electrons. The fourth-order valence-electron chi connectivity index (χ4n) is 3.14. The molecule has 1 fully saturated rings. The largest absolute Gasteiger partial charge is 0.480 e. The van der Waals surface area contributed by atoms with Crippen LogP contribution in [-0.4, -0.2) is 29.2 Å². The lowest BCUT2D eigenvalue weighted by molar-refractivity contribution is -0.160. The number of alkyl halides is 3. The normalized spacial score (nSPS) is 18.2. The van der Waals surface area contributed by atoms with E-state index in [1.165, 1.54) is 0 Å². The van der Waals surface area contributed by atoms with E-state index in [-0.39, 0.29) is 0 Å². The van der Waals surface area contributed by atoms with Gasteiger partial charge in [0.05, 0.1) is 11.8 Å². The van der Waals surface area contributed by atoms with Gasteiger partial charge in [-0.15, -0.1) is 0 Å². The zero-order chi connectivity index (χ0) is 18.0. The standard InChI is InChI=1S/C16H17ClF3NO3/c17-11-5-3-4-10(8-11)15(6-1-2-7-15)14(24)21-12(13(22)23)9-16(18,19)20/h3-5,8,12H,1-2,6-7,9H2,(H,21,24)(H,22,23). The van der Waals surface area contributed by atoms with Crippen molar-refractivity contribution in [2.24, 2.45) is 0 Å². The molecule has 4 nitrogen and oxygen atoms in total. The highest BCUT2D eigenvalue weighted by molar-refractivity contribution is 6.30. The minimum Gasteiger partial charge on any atom is -0.480 e. The minimum atomic E-state index is -4.69. The Hall–Kier alpha value is -1.76. The topological polar surface area (TPSA) is 66.4 Å². The van der Waals surface area contributed by atoms with Gasteiger partial charge in [0.25, 0.3) is 0 Å². The van der Waals surface area contributed by atoms with Crippen molar-refractivity contribution in [1.29, 1.82) is 0 Å². The molecular weight excluding hydrogens is 347 g/mol. The molecular formula is C16H17ClF3NO3. The van der Waals surface area contributed by atoms with E-state index in [4.69, 9.17) is 16.7 Å². The highest BCUT2D eigenvalue weighted by Crippen LogP contribution is 2.42. The first-order chi connectivity index (χ1) is 11.1. The number of benzene rings is 1. The van der Waals surface area contributed by atoms with Crippen LogP contribution in [0.1, 0.15) is 37.7 Å². The first-order valence-electron chi connectivity index (χ1n) is 7.51. The molecule has 0 bridgehead atoms. The second-order valence-corrected chi connectivity index (χ2v) is 6.42. The van der Waals surface area contributed by atoms with Gasteiger partial charge in [0.1, 0.15) is 6.04 Å². The van der Waals surface area contributed by atoms with Gasteiger partial charge in [-0.2, -0.15) is 13.2 Å². The molecule has 1 atom stereocenters. The molecule has 1 aromatic rings. The van der Waals surface area contributed by atoms with E-state index in [2.05, 4.69) is 5.32 Å². The number of aliphatic carboxylic acids is 1. The van der Waals surface area contributed by atoms with Crippen molar-refractivity contribution in [3.05, 3.63) is 34.9 Å². The predicted octanol–water partition coefficient (Wildman–Crippen LogP) is 3.67. The Balaban J connectivity index is 2.27. The Morgan fingerprint density at radius 3 is 2.42 bits per heavy atom. The average molecular weight is 364 g/mol. The molecule has 1 amide bonds. The third kappa shape index (κ3) is 4.20. The maximum atomic E-state index is 12.7. The molecule has 0 spiro atoms. The highest BCUT2D eigenvalue weighted by atomic mass is 35.5. The number of hydrogen-bond donors (Lipinski definition) is 2. The highest BCUT2D eigenvalue weighted by Gasteiger charge is 2.45. The van der Waals surface area contributed by atoms with Crippen molar-refractivity contribution in [2.75, 3.05) is 0 Å². The third-order valence-corrected chi connectivity index (χ3v) is 4.54. The van der Waals surface area contributed by atoms with Crippen LogP contribution in [0.25, 0.3) is 0 Å². The molecule has 1 aliphatic rings. The van der Waals surface area contributed by atoms with Crippen molar-refractivity contribution >= 4 is 23.5 Å². The Morgan fingerprint density at radius 2 is 1.92 bits per heavy atom. The van der Waals surface area contributed by atoms with Gasteiger partial charge in [-0.3, -0.25) is 4.79 Å². The SMILES string of the molecule is O=C(O)C(CC(F)(F)F)NC(=O)C1(c2cccc(Cl)c2)CCCC1. The summed E-state index contributed by atoms with van der Waals surface area (Å²) in [7, 11) is 0.